The first-order valence-electron chi connectivity index (χ1n) is 6.15. The number of nitrogens with zero attached hydrogens (tertiary/aromatic N) is 2. The molecular weight excluding hydrogens is 278 g/mol. The number of carbonyl (C=O) groups excluding carboxylic acids is 1. The van der Waals surface area contributed by atoms with Crippen LogP contribution in [0.15, 0.2) is 41.3 Å². The first kappa shape index (κ1) is 14.3. The van der Waals surface area contributed by atoms with Crippen LogP contribution in [-0.4, -0.2) is 22.6 Å². The fourth-order valence-electron chi connectivity index (χ4n) is 1.59. The van der Waals surface area contributed by atoms with E-state index in [1.165, 1.54) is 0 Å². The lowest BCUT2D eigenvalue weighted by molar-refractivity contribution is -0.120. The van der Waals surface area contributed by atoms with Crippen molar-refractivity contribution in [2.45, 2.75) is 12.8 Å². The van der Waals surface area contributed by atoms with Crippen molar-refractivity contribution >= 4 is 17.5 Å². The molecule has 0 bridgehead atoms. The maximum Gasteiger partial charge on any atom is 0.249 e. The summed E-state index contributed by atoms with van der Waals surface area (Å²) < 4.78 is 5.50. The molecule has 1 amide bonds. The molecule has 0 aliphatic rings. The van der Waals surface area contributed by atoms with Gasteiger partial charge in [0.1, 0.15) is 0 Å². The van der Waals surface area contributed by atoms with E-state index in [0.717, 1.165) is 0 Å². The largest absolute Gasteiger partial charge is 0.421 e. The Bertz CT molecular complexity index is 610. The van der Waals surface area contributed by atoms with E-state index in [1.54, 1.807) is 18.2 Å². The van der Waals surface area contributed by atoms with E-state index in [9.17, 15) is 4.79 Å². The number of hydrogen-bond donors (Lipinski definition) is 1. The Morgan fingerprint density at radius 1 is 1.40 bits per heavy atom. The van der Waals surface area contributed by atoms with E-state index in [4.69, 9.17) is 16.0 Å². The molecule has 0 aliphatic carbocycles. The molecule has 2 rings (SSSR count). The number of nitrogens with one attached hydrogen (secondary N) is 1. The second-order valence-electron chi connectivity index (χ2n) is 4.07. The van der Waals surface area contributed by atoms with E-state index < -0.39 is 0 Å². The molecule has 1 aromatic carbocycles. The van der Waals surface area contributed by atoms with Gasteiger partial charge in [-0.3, -0.25) is 4.79 Å². The molecule has 6 heteroatoms. The normalized spacial score (nSPS) is 10.2. The lowest BCUT2D eigenvalue weighted by Gasteiger charge is -1.99. The molecule has 1 heterocycles. The average molecular weight is 292 g/mol. The van der Waals surface area contributed by atoms with Crippen LogP contribution in [0.2, 0.25) is 5.02 Å². The van der Waals surface area contributed by atoms with Crippen molar-refractivity contribution in [1.29, 1.82) is 0 Å². The Morgan fingerprint density at radius 3 is 2.95 bits per heavy atom. The van der Waals surface area contributed by atoms with Crippen LogP contribution in [0.4, 0.5) is 0 Å². The third kappa shape index (κ3) is 3.68. The zero-order valence-corrected chi connectivity index (χ0v) is 11.6. The van der Waals surface area contributed by atoms with E-state index in [1.807, 2.05) is 12.1 Å². The Balaban J connectivity index is 1.98. The number of aromatic nitrogens is 2. The third-order valence-electron chi connectivity index (χ3n) is 2.58. The maximum atomic E-state index is 11.4. The smallest absolute Gasteiger partial charge is 0.249 e. The van der Waals surface area contributed by atoms with Gasteiger partial charge in [0.25, 0.3) is 0 Å². The monoisotopic (exact) mass is 291 g/mol. The molecule has 104 valence electrons. The van der Waals surface area contributed by atoms with Crippen LogP contribution in [0.5, 0.6) is 0 Å². The van der Waals surface area contributed by atoms with Crippen LogP contribution in [0, 0.1) is 0 Å². The average Bonchev–Trinajstić information content (AvgIpc) is 2.92. The molecule has 2 aromatic rings. The molecular formula is C14H14ClN3O2. The highest BCUT2D eigenvalue weighted by molar-refractivity contribution is 6.33. The molecule has 5 nitrogen and oxygen atoms in total. The van der Waals surface area contributed by atoms with Crippen LogP contribution >= 0.6 is 11.6 Å². The van der Waals surface area contributed by atoms with Gasteiger partial charge < -0.3 is 9.73 Å². The van der Waals surface area contributed by atoms with Crippen molar-refractivity contribution in [3.8, 4) is 11.5 Å². The van der Waals surface area contributed by atoms with Gasteiger partial charge in [-0.2, -0.15) is 0 Å². The van der Waals surface area contributed by atoms with Gasteiger partial charge in [0.05, 0.1) is 10.6 Å². The van der Waals surface area contributed by atoms with E-state index in [-0.39, 0.29) is 12.3 Å². The van der Waals surface area contributed by atoms with E-state index >= 15 is 0 Å². The summed E-state index contributed by atoms with van der Waals surface area (Å²) in [5.41, 5.74) is 0.684. The molecule has 1 N–H and O–H groups in total. The number of hydrogen-bond acceptors (Lipinski definition) is 4. The second kappa shape index (κ2) is 6.86. The fourth-order valence-corrected chi connectivity index (χ4v) is 1.81. The topological polar surface area (TPSA) is 68.0 Å². The molecule has 0 radical (unpaired) electrons. The summed E-state index contributed by atoms with van der Waals surface area (Å²) >= 11 is 6.05. The van der Waals surface area contributed by atoms with Crippen molar-refractivity contribution in [3.63, 3.8) is 0 Å². The van der Waals surface area contributed by atoms with Gasteiger partial charge in [-0.05, 0) is 12.1 Å². The van der Waals surface area contributed by atoms with E-state index in [0.29, 0.717) is 35.3 Å². The van der Waals surface area contributed by atoms with Crippen molar-refractivity contribution in [2.75, 3.05) is 6.54 Å². The number of carbonyl (C=O) groups is 1. The van der Waals surface area contributed by atoms with Gasteiger partial charge >= 0.3 is 0 Å². The predicted octanol–water partition coefficient (Wildman–Crippen LogP) is 2.62. The second-order valence-corrected chi connectivity index (χ2v) is 4.48. The summed E-state index contributed by atoms with van der Waals surface area (Å²) in [6.07, 6.45) is 2.30. The number of halogens is 1. The van der Waals surface area contributed by atoms with Crippen LogP contribution < -0.4 is 5.32 Å². The highest BCUT2D eigenvalue weighted by atomic mass is 35.5. The molecule has 0 unspecified atom stereocenters. The molecule has 0 fully saturated rings. The van der Waals surface area contributed by atoms with Gasteiger partial charge in [-0.25, -0.2) is 0 Å². The SMILES string of the molecule is C=CCNC(=O)CCc1nnc(-c2ccccc2Cl)o1. The van der Waals surface area contributed by atoms with E-state index in [2.05, 4.69) is 22.1 Å². The predicted molar refractivity (Wildman–Crippen MR) is 76.3 cm³/mol. The van der Waals surface area contributed by atoms with Gasteiger partial charge in [0.15, 0.2) is 0 Å². The molecule has 0 saturated heterocycles. The lowest BCUT2D eigenvalue weighted by Crippen LogP contribution is -2.23. The summed E-state index contributed by atoms with van der Waals surface area (Å²) in [5.74, 6) is 0.688. The summed E-state index contributed by atoms with van der Waals surface area (Å²) in [6.45, 7) is 3.98. The van der Waals surface area contributed by atoms with Crippen LogP contribution in [0.25, 0.3) is 11.5 Å². The Morgan fingerprint density at radius 2 is 2.20 bits per heavy atom. The minimum Gasteiger partial charge on any atom is -0.421 e. The van der Waals surface area contributed by atoms with Gasteiger partial charge in [-0.15, -0.1) is 16.8 Å². The summed E-state index contributed by atoms with van der Waals surface area (Å²) in [4.78, 5) is 11.4. The summed E-state index contributed by atoms with van der Waals surface area (Å²) in [6, 6.07) is 7.22. The molecule has 0 atom stereocenters. The standard InChI is InChI=1S/C14H14ClN3O2/c1-2-9-16-12(19)7-8-13-17-18-14(20-13)10-5-3-4-6-11(10)15/h2-6H,1,7-9H2,(H,16,19). The molecule has 0 aliphatic heterocycles. The fraction of sp³-hybridized carbons (Fsp3) is 0.214. The molecule has 0 saturated carbocycles. The molecule has 1 aromatic heterocycles. The minimum atomic E-state index is -0.0811. The zero-order chi connectivity index (χ0) is 14.4. The minimum absolute atomic E-state index is 0.0811. The Labute approximate surface area is 121 Å². The first-order chi connectivity index (χ1) is 9.70. The highest BCUT2D eigenvalue weighted by Crippen LogP contribution is 2.26. The highest BCUT2D eigenvalue weighted by Gasteiger charge is 2.12. The van der Waals surface area contributed by atoms with Crippen molar-refractivity contribution in [3.05, 3.63) is 47.8 Å². The summed E-state index contributed by atoms with van der Waals surface area (Å²) in [7, 11) is 0. The summed E-state index contributed by atoms with van der Waals surface area (Å²) in [5, 5.41) is 11.1. The molecule has 20 heavy (non-hydrogen) atoms. The quantitative estimate of drug-likeness (QED) is 0.831. The first-order valence-corrected chi connectivity index (χ1v) is 6.53. The van der Waals surface area contributed by atoms with Crippen LogP contribution in [0.1, 0.15) is 12.3 Å². The maximum absolute atomic E-state index is 11.4. The zero-order valence-electron chi connectivity index (χ0n) is 10.8. The van der Waals surface area contributed by atoms with Crippen molar-refractivity contribution in [1.82, 2.24) is 15.5 Å². The lowest BCUT2D eigenvalue weighted by atomic mass is 10.2. The van der Waals surface area contributed by atoms with Gasteiger partial charge in [-0.1, -0.05) is 29.8 Å². The van der Waals surface area contributed by atoms with Crippen molar-refractivity contribution in [2.24, 2.45) is 0 Å². The van der Waals surface area contributed by atoms with Crippen molar-refractivity contribution < 1.29 is 9.21 Å². The number of rotatable bonds is 6. The number of benzene rings is 1. The van der Waals surface area contributed by atoms with Gasteiger partial charge in [0.2, 0.25) is 17.7 Å². The molecule has 0 spiro atoms. The van der Waals surface area contributed by atoms with Crippen LogP contribution in [0.3, 0.4) is 0 Å². The Hall–Kier alpha value is -2.14. The number of amides is 1. The van der Waals surface area contributed by atoms with Gasteiger partial charge in [0, 0.05) is 19.4 Å². The third-order valence-corrected chi connectivity index (χ3v) is 2.91. The number of aryl methyl sites for hydroxylation is 1. The van der Waals surface area contributed by atoms with Crippen LogP contribution in [-0.2, 0) is 11.2 Å². The Kier molecular flexibility index (Phi) is 4.90.